The maximum Gasteiger partial charge on any atom is 0.255 e. The number of piperidine rings is 1. The third kappa shape index (κ3) is 2.99. The van der Waals surface area contributed by atoms with Crippen LogP contribution in [0.4, 0.5) is 0 Å². The Morgan fingerprint density at radius 3 is 2.85 bits per heavy atom. The van der Waals surface area contributed by atoms with Gasteiger partial charge in [-0.25, -0.2) is 4.68 Å². The summed E-state index contributed by atoms with van der Waals surface area (Å²) in [4.78, 5) is 37.9. The molecule has 2 aromatic rings. The fourth-order valence-electron chi connectivity index (χ4n) is 3.43. The van der Waals surface area contributed by atoms with Gasteiger partial charge in [0.2, 0.25) is 11.8 Å². The molecule has 0 bridgehead atoms. The molecule has 2 N–H and O–H groups in total. The van der Waals surface area contributed by atoms with Gasteiger partial charge in [-0.1, -0.05) is 11.3 Å². The Kier molecular flexibility index (Phi) is 4.23. The number of hydrogen-bond donors (Lipinski definition) is 2. The molecule has 27 heavy (non-hydrogen) atoms. The first-order valence-corrected chi connectivity index (χ1v) is 8.85. The van der Waals surface area contributed by atoms with E-state index in [-0.39, 0.29) is 24.3 Å². The SMILES string of the molecule is CNC(C)c1cn(-c2ccc3c(c2)C(=O)N(C2CCC(=O)NC2=O)C3)nn1. The number of hydrogen-bond acceptors (Lipinski definition) is 6. The van der Waals surface area contributed by atoms with E-state index in [1.807, 2.05) is 32.3 Å². The highest BCUT2D eigenvalue weighted by molar-refractivity contribution is 6.05. The van der Waals surface area contributed by atoms with Crippen LogP contribution in [-0.2, 0) is 16.1 Å². The average Bonchev–Trinajstić information content (AvgIpc) is 3.27. The van der Waals surface area contributed by atoms with E-state index in [9.17, 15) is 14.4 Å². The molecule has 2 atom stereocenters. The van der Waals surface area contributed by atoms with E-state index in [1.165, 1.54) is 4.90 Å². The van der Waals surface area contributed by atoms with Crippen LogP contribution >= 0.6 is 0 Å². The van der Waals surface area contributed by atoms with Gasteiger partial charge in [-0.3, -0.25) is 19.7 Å². The van der Waals surface area contributed by atoms with Crippen LogP contribution in [0.3, 0.4) is 0 Å². The lowest BCUT2D eigenvalue weighted by atomic mass is 10.0. The van der Waals surface area contributed by atoms with Crippen molar-refractivity contribution >= 4 is 17.7 Å². The number of benzene rings is 1. The third-order valence-electron chi connectivity index (χ3n) is 5.16. The van der Waals surface area contributed by atoms with Gasteiger partial charge >= 0.3 is 0 Å². The maximum absolute atomic E-state index is 12.9. The van der Waals surface area contributed by atoms with Crippen molar-refractivity contribution < 1.29 is 14.4 Å². The highest BCUT2D eigenvalue weighted by atomic mass is 16.2. The van der Waals surface area contributed by atoms with E-state index in [0.29, 0.717) is 18.5 Å². The summed E-state index contributed by atoms with van der Waals surface area (Å²) in [7, 11) is 1.85. The molecule has 0 radical (unpaired) electrons. The summed E-state index contributed by atoms with van der Waals surface area (Å²) in [5.41, 5.74) is 2.94. The Morgan fingerprint density at radius 1 is 1.30 bits per heavy atom. The molecule has 2 aliphatic heterocycles. The van der Waals surface area contributed by atoms with Gasteiger partial charge in [0.1, 0.15) is 6.04 Å². The van der Waals surface area contributed by atoms with Crippen LogP contribution in [0.15, 0.2) is 24.4 Å². The zero-order valence-corrected chi connectivity index (χ0v) is 15.1. The van der Waals surface area contributed by atoms with Crippen LogP contribution < -0.4 is 10.6 Å². The van der Waals surface area contributed by atoms with Gasteiger partial charge in [0.25, 0.3) is 5.91 Å². The van der Waals surface area contributed by atoms with Crippen molar-refractivity contribution in [1.82, 2.24) is 30.5 Å². The smallest absolute Gasteiger partial charge is 0.255 e. The molecule has 3 amide bonds. The predicted molar refractivity (Wildman–Crippen MR) is 94.9 cm³/mol. The van der Waals surface area contributed by atoms with Crippen molar-refractivity contribution in [3.05, 3.63) is 41.2 Å². The van der Waals surface area contributed by atoms with Gasteiger partial charge < -0.3 is 10.2 Å². The third-order valence-corrected chi connectivity index (χ3v) is 5.16. The quantitative estimate of drug-likeness (QED) is 0.752. The first-order valence-electron chi connectivity index (χ1n) is 8.85. The van der Waals surface area contributed by atoms with Crippen molar-refractivity contribution in [2.75, 3.05) is 7.05 Å². The minimum absolute atomic E-state index is 0.0674. The largest absolute Gasteiger partial charge is 0.322 e. The zero-order chi connectivity index (χ0) is 19.1. The molecular weight excluding hydrogens is 348 g/mol. The fraction of sp³-hybridized carbons (Fsp3) is 0.389. The van der Waals surface area contributed by atoms with Gasteiger partial charge in [0, 0.05) is 24.6 Å². The Balaban J connectivity index is 1.59. The first kappa shape index (κ1) is 17.3. The van der Waals surface area contributed by atoms with E-state index >= 15 is 0 Å². The summed E-state index contributed by atoms with van der Waals surface area (Å²) in [6.45, 7) is 2.35. The van der Waals surface area contributed by atoms with Crippen LogP contribution in [0, 0.1) is 0 Å². The van der Waals surface area contributed by atoms with Gasteiger partial charge in [-0.15, -0.1) is 5.10 Å². The molecule has 0 spiro atoms. The summed E-state index contributed by atoms with van der Waals surface area (Å²) in [6.07, 6.45) is 2.42. The van der Waals surface area contributed by atoms with E-state index < -0.39 is 11.9 Å². The van der Waals surface area contributed by atoms with E-state index in [0.717, 1.165) is 16.9 Å². The second kappa shape index (κ2) is 6.58. The summed E-state index contributed by atoms with van der Waals surface area (Å²) in [5, 5.41) is 13.7. The Morgan fingerprint density at radius 2 is 2.11 bits per heavy atom. The zero-order valence-electron chi connectivity index (χ0n) is 15.1. The number of nitrogens with one attached hydrogen (secondary N) is 2. The van der Waals surface area contributed by atoms with Crippen molar-refractivity contribution in [1.29, 1.82) is 0 Å². The van der Waals surface area contributed by atoms with Crippen LogP contribution in [0.1, 0.15) is 47.4 Å². The number of carbonyl (C=O) groups excluding carboxylic acids is 3. The molecule has 4 rings (SSSR count). The Labute approximate surface area is 155 Å². The van der Waals surface area contributed by atoms with Gasteiger partial charge in [-0.2, -0.15) is 0 Å². The fourth-order valence-corrected chi connectivity index (χ4v) is 3.43. The van der Waals surface area contributed by atoms with Crippen LogP contribution in [0.2, 0.25) is 0 Å². The molecule has 2 unspecified atom stereocenters. The number of imide groups is 1. The number of nitrogens with zero attached hydrogens (tertiary/aromatic N) is 4. The molecule has 1 aromatic carbocycles. The number of aromatic nitrogens is 3. The normalized spacial score (nSPS) is 20.6. The van der Waals surface area contributed by atoms with Gasteiger partial charge in [0.05, 0.1) is 17.6 Å². The summed E-state index contributed by atoms with van der Waals surface area (Å²) in [6, 6.07) is 4.98. The highest BCUT2D eigenvalue weighted by Crippen LogP contribution is 2.29. The Hall–Kier alpha value is -3.07. The lowest BCUT2D eigenvalue weighted by Gasteiger charge is -2.29. The maximum atomic E-state index is 12.9. The molecule has 9 nitrogen and oxygen atoms in total. The van der Waals surface area contributed by atoms with E-state index in [2.05, 4.69) is 20.9 Å². The first-order chi connectivity index (χ1) is 13.0. The van der Waals surface area contributed by atoms with Crippen molar-refractivity contribution in [2.24, 2.45) is 0 Å². The van der Waals surface area contributed by atoms with E-state index in [1.54, 1.807) is 10.7 Å². The summed E-state index contributed by atoms with van der Waals surface area (Å²) >= 11 is 0. The number of amides is 3. The topological polar surface area (TPSA) is 109 Å². The van der Waals surface area contributed by atoms with Crippen LogP contribution in [0.25, 0.3) is 5.69 Å². The molecule has 9 heteroatoms. The highest BCUT2D eigenvalue weighted by Gasteiger charge is 2.39. The summed E-state index contributed by atoms with van der Waals surface area (Å²) in [5.74, 6) is -0.902. The second-order valence-electron chi connectivity index (χ2n) is 6.84. The minimum Gasteiger partial charge on any atom is -0.322 e. The molecule has 1 fully saturated rings. The summed E-state index contributed by atoms with van der Waals surface area (Å²) < 4.78 is 1.63. The molecule has 3 heterocycles. The molecule has 0 saturated carbocycles. The lowest BCUT2D eigenvalue weighted by Crippen LogP contribution is -2.52. The van der Waals surface area contributed by atoms with Crippen LogP contribution in [-0.4, -0.2) is 50.7 Å². The Bertz CT molecular complexity index is 937. The van der Waals surface area contributed by atoms with Crippen molar-refractivity contribution in [2.45, 2.75) is 38.4 Å². The molecular formula is C18H20N6O3. The number of fused-ring (bicyclic) bond motifs is 1. The number of carbonyl (C=O) groups is 3. The molecule has 140 valence electrons. The van der Waals surface area contributed by atoms with Crippen LogP contribution in [0.5, 0.6) is 0 Å². The number of rotatable bonds is 4. The monoisotopic (exact) mass is 368 g/mol. The molecule has 0 aliphatic carbocycles. The van der Waals surface area contributed by atoms with Gasteiger partial charge in [0.15, 0.2) is 0 Å². The standard InChI is InChI=1S/C18H20N6O3/c1-10(19-2)14-9-24(22-21-14)12-4-3-11-8-23(18(27)13(11)7-12)15-5-6-16(25)20-17(15)26/h3-4,7,9-10,15,19H,5-6,8H2,1-2H3,(H,20,25,26). The average molecular weight is 368 g/mol. The minimum atomic E-state index is -0.611. The second-order valence-corrected chi connectivity index (χ2v) is 6.84. The molecule has 1 saturated heterocycles. The predicted octanol–water partition coefficient (Wildman–Crippen LogP) is 0.309. The van der Waals surface area contributed by atoms with Crippen molar-refractivity contribution in [3.8, 4) is 5.69 Å². The molecule has 1 aromatic heterocycles. The molecule has 2 aliphatic rings. The van der Waals surface area contributed by atoms with E-state index in [4.69, 9.17) is 0 Å². The van der Waals surface area contributed by atoms with Crippen molar-refractivity contribution in [3.63, 3.8) is 0 Å². The van der Waals surface area contributed by atoms with Gasteiger partial charge in [-0.05, 0) is 38.1 Å². The lowest BCUT2D eigenvalue weighted by molar-refractivity contribution is -0.136.